The number of halogens is 1. The molecule has 2 aromatic rings. The smallest absolute Gasteiger partial charge is 0.289 e. The highest BCUT2D eigenvalue weighted by Crippen LogP contribution is 2.28. The first-order chi connectivity index (χ1) is 9.93. The number of hydrogen-bond acceptors (Lipinski definition) is 5. The van der Waals surface area contributed by atoms with E-state index in [0.29, 0.717) is 18.1 Å². The van der Waals surface area contributed by atoms with Gasteiger partial charge in [-0.25, -0.2) is 4.68 Å². The van der Waals surface area contributed by atoms with Gasteiger partial charge in [0.1, 0.15) is 5.02 Å². The van der Waals surface area contributed by atoms with E-state index in [4.69, 9.17) is 16.3 Å². The Labute approximate surface area is 126 Å². The molecule has 8 heteroatoms. The number of aryl methyl sites for hydroxylation is 2. The summed E-state index contributed by atoms with van der Waals surface area (Å²) < 4.78 is 6.95. The lowest BCUT2D eigenvalue weighted by Gasteiger charge is -2.08. The molecular formula is C13H15ClN4O3. The van der Waals surface area contributed by atoms with Crippen LogP contribution < -0.4 is 10.1 Å². The molecule has 7 nitrogen and oxygen atoms in total. The number of nitro groups is 1. The van der Waals surface area contributed by atoms with Crippen molar-refractivity contribution in [1.82, 2.24) is 9.78 Å². The maximum atomic E-state index is 10.9. The quantitative estimate of drug-likeness (QED) is 0.678. The molecule has 0 saturated carbocycles. The molecule has 0 spiro atoms. The predicted octanol–water partition coefficient (Wildman–Crippen LogP) is 2.91. The van der Waals surface area contributed by atoms with Crippen LogP contribution in [0.5, 0.6) is 5.88 Å². The fourth-order valence-corrected chi connectivity index (χ4v) is 2.28. The SMILES string of the molecule is COc1c(CNc2ccc(Cl)c([N+](=O)[O-])c2)c(C)nn1C. The normalized spacial score (nSPS) is 10.5. The Morgan fingerprint density at radius 3 is 2.86 bits per heavy atom. The molecular weight excluding hydrogens is 296 g/mol. The predicted molar refractivity (Wildman–Crippen MR) is 79.9 cm³/mol. The van der Waals surface area contributed by atoms with Crippen molar-refractivity contribution < 1.29 is 9.66 Å². The second-order valence-corrected chi connectivity index (χ2v) is 4.88. The van der Waals surface area contributed by atoms with Crippen molar-refractivity contribution in [2.75, 3.05) is 12.4 Å². The van der Waals surface area contributed by atoms with E-state index in [9.17, 15) is 10.1 Å². The number of anilines is 1. The zero-order valence-corrected chi connectivity index (χ0v) is 12.6. The zero-order chi connectivity index (χ0) is 15.6. The van der Waals surface area contributed by atoms with E-state index in [1.54, 1.807) is 24.9 Å². The Morgan fingerprint density at radius 2 is 2.24 bits per heavy atom. The van der Waals surface area contributed by atoms with Crippen LogP contribution in [-0.4, -0.2) is 21.8 Å². The number of nitrogens with one attached hydrogen (secondary N) is 1. The minimum Gasteiger partial charge on any atom is -0.481 e. The lowest BCUT2D eigenvalue weighted by Crippen LogP contribution is -2.03. The number of benzene rings is 1. The number of hydrogen-bond donors (Lipinski definition) is 1. The molecule has 1 aromatic heterocycles. The van der Waals surface area contributed by atoms with Crippen molar-refractivity contribution in [2.45, 2.75) is 13.5 Å². The number of methoxy groups -OCH3 is 1. The van der Waals surface area contributed by atoms with E-state index in [1.165, 1.54) is 12.1 Å². The molecule has 0 aliphatic carbocycles. The third kappa shape index (κ3) is 3.08. The van der Waals surface area contributed by atoms with Gasteiger partial charge in [0.15, 0.2) is 0 Å². The highest BCUT2D eigenvalue weighted by atomic mass is 35.5. The average molecular weight is 311 g/mol. The highest BCUT2D eigenvalue weighted by molar-refractivity contribution is 6.32. The van der Waals surface area contributed by atoms with Gasteiger partial charge < -0.3 is 10.1 Å². The van der Waals surface area contributed by atoms with E-state index in [1.807, 2.05) is 6.92 Å². The molecule has 1 aromatic carbocycles. The van der Waals surface area contributed by atoms with Crippen molar-refractivity contribution in [1.29, 1.82) is 0 Å². The number of nitro benzene ring substituents is 1. The van der Waals surface area contributed by atoms with Gasteiger partial charge in [-0.05, 0) is 19.1 Å². The first kappa shape index (κ1) is 15.1. The van der Waals surface area contributed by atoms with Gasteiger partial charge in [-0.3, -0.25) is 10.1 Å². The first-order valence-corrected chi connectivity index (χ1v) is 6.56. The van der Waals surface area contributed by atoms with Crippen LogP contribution in [0.25, 0.3) is 0 Å². The third-order valence-corrected chi connectivity index (χ3v) is 3.41. The van der Waals surface area contributed by atoms with Gasteiger partial charge in [-0.2, -0.15) is 5.10 Å². The largest absolute Gasteiger partial charge is 0.481 e. The summed E-state index contributed by atoms with van der Waals surface area (Å²) in [4.78, 5) is 10.4. The van der Waals surface area contributed by atoms with Crippen molar-refractivity contribution in [3.05, 3.63) is 44.6 Å². The highest BCUT2D eigenvalue weighted by Gasteiger charge is 2.15. The van der Waals surface area contributed by atoms with Crippen LogP contribution in [0.3, 0.4) is 0 Å². The van der Waals surface area contributed by atoms with Crippen LogP contribution in [0.15, 0.2) is 18.2 Å². The molecule has 0 bridgehead atoms. The van der Waals surface area contributed by atoms with Crippen molar-refractivity contribution in [3.63, 3.8) is 0 Å². The minimum atomic E-state index is -0.510. The minimum absolute atomic E-state index is 0.112. The van der Waals surface area contributed by atoms with Crippen LogP contribution in [0, 0.1) is 17.0 Å². The maximum Gasteiger partial charge on any atom is 0.289 e. The van der Waals surface area contributed by atoms with Gasteiger partial charge in [-0.15, -0.1) is 0 Å². The summed E-state index contributed by atoms with van der Waals surface area (Å²) in [5, 5.41) is 18.4. The Kier molecular flexibility index (Phi) is 4.32. The van der Waals surface area contributed by atoms with E-state index < -0.39 is 4.92 Å². The van der Waals surface area contributed by atoms with Crippen LogP contribution in [0.2, 0.25) is 5.02 Å². The Morgan fingerprint density at radius 1 is 1.52 bits per heavy atom. The molecule has 0 amide bonds. The lowest BCUT2D eigenvalue weighted by molar-refractivity contribution is -0.384. The molecule has 0 saturated heterocycles. The first-order valence-electron chi connectivity index (χ1n) is 6.18. The summed E-state index contributed by atoms with van der Waals surface area (Å²) in [6.07, 6.45) is 0. The average Bonchev–Trinajstić information content (AvgIpc) is 2.71. The Balaban J connectivity index is 2.21. The van der Waals surface area contributed by atoms with Gasteiger partial charge >= 0.3 is 0 Å². The van der Waals surface area contributed by atoms with Crippen molar-refractivity contribution >= 4 is 23.0 Å². The molecule has 0 unspecified atom stereocenters. The van der Waals surface area contributed by atoms with Crippen molar-refractivity contribution in [3.8, 4) is 5.88 Å². The lowest BCUT2D eigenvalue weighted by atomic mass is 10.2. The second kappa shape index (κ2) is 6.01. The molecule has 112 valence electrons. The van der Waals surface area contributed by atoms with Crippen LogP contribution in [0.4, 0.5) is 11.4 Å². The number of nitrogens with zero attached hydrogens (tertiary/aromatic N) is 3. The summed E-state index contributed by atoms with van der Waals surface area (Å²) in [5.41, 5.74) is 2.22. The standard InChI is InChI=1S/C13H15ClN4O3/c1-8-10(13(21-3)17(2)16-8)7-15-9-4-5-11(14)12(6-9)18(19)20/h4-6,15H,7H2,1-3H3. The third-order valence-electron chi connectivity index (χ3n) is 3.09. The summed E-state index contributed by atoms with van der Waals surface area (Å²) in [6, 6.07) is 4.59. The monoisotopic (exact) mass is 310 g/mol. The summed E-state index contributed by atoms with van der Waals surface area (Å²) in [7, 11) is 3.37. The van der Waals surface area contributed by atoms with Gasteiger partial charge in [0, 0.05) is 25.3 Å². The van der Waals surface area contributed by atoms with E-state index in [2.05, 4.69) is 10.4 Å². The van der Waals surface area contributed by atoms with E-state index >= 15 is 0 Å². The molecule has 0 radical (unpaired) electrons. The van der Waals surface area contributed by atoms with Gasteiger partial charge in [0.25, 0.3) is 5.69 Å². The number of aromatic nitrogens is 2. The fourth-order valence-electron chi connectivity index (χ4n) is 2.09. The molecule has 1 heterocycles. The number of ether oxygens (including phenoxy) is 1. The van der Waals surface area contributed by atoms with Crippen LogP contribution >= 0.6 is 11.6 Å². The molecule has 2 rings (SSSR count). The molecule has 0 aliphatic heterocycles. The maximum absolute atomic E-state index is 10.9. The van der Waals surface area contributed by atoms with E-state index in [-0.39, 0.29) is 10.7 Å². The Bertz CT molecular complexity index is 684. The zero-order valence-electron chi connectivity index (χ0n) is 11.9. The topological polar surface area (TPSA) is 82.2 Å². The summed E-state index contributed by atoms with van der Waals surface area (Å²) in [6.45, 7) is 2.32. The summed E-state index contributed by atoms with van der Waals surface area (Å²) in [5.74, 6) is 0.656. The fraction of sp³-hybridized carbons (Fsp3) is 0.308. The van der Waals surface area contributed by atoms with Gasteiger partial charge in [-0.1, -0.05) is 11.6 Å². The van der Waals surface area contributed by atoms with Crippen LogP contribution in [0.1, 0.15) is 11.3 Å². The molecule has 0 atom stereocenters. The van der Waals surface area contributed by atoms with Gasteiger partial charge in [0.2, 0.25) is 5.88 Å². The molecule has 0 aliphatic rings. The van der Waals surface area contributed by atoms with Crippen LogP contribution in [-0.2, 0) is 13.6 Å². The van der Waals surface area contributed by atoms with E-state index in [0.717, 1.165) is 11.3 Å². The summed E-state index contributed by atoms with van der Waals surface area (Å²) >= 11 is 5.78. The molecule has 0 fully saturated rings. The van der Waals surface area contributed by atoms with Crippen molar-refractivity contribution in [2.24, 2.45) is 7.05 Å². The molecule has 21 heavy (non-hydrogen) atoms. The second-order valence-electron chi connectivity index (χ2n) is 4.47. The molecule has 1 N–H and O–H groups in total. The Hall–Kier alpha value is -2.28. The van der Waals surface area contributed by atoms with Gasteiger partial charge in [0.05, 0.1) is 23.3 Å². The number of rotatable bonds is 5.